The van der Waals surface area contributed by atoms with Crippen LogP contribution in [0.25, 0.3) is 33.8 Å². The van der Waals surface area contributed by atoms with Crippen LogP contribution in [0.3, 0.4) is 0 Å². The lowest BCUT2D eigenvalue weighted by atomic mass is 10.1. The second-order valence-electron chi connectivity index (χ2n) is 7.88. The number of hydrogen-bond acceptors (Lipinski definition) is 6. The number of hydrazine groups is 1. The summed E-state index contributed by atoms with van der Waals surface area (Å²) < 4.78 is 43.9. The Hall–Kier alpha value is -4.64. The van der Waals surface area contributed by atoms with Crippen molar-refractivity contribution >= 4 is 34.0 Å². The second kappa shape index (κ2) is 9.78. The predicted octanol–water partition coefficient (Wildman–Crippen LogP) is 5.58. The van der Waals surface area contributed by atoms with Gasteiger partial charge in [-0.2, -0.15) is 13.2 Å². The van der Waals surface area contributed by atoms with Gasteiger partial charge >= 0.3 is 6.18 Å². The molecule has 1 amide bonds. The van der Waals surface area contributed by atoms with Crippen molar-refractivity contribution in [3.8, 4) is 22.9 Å². The fraction of sp³-hybridized carbons (Fsp3) is 0.0385. The number of amides is 1. The zero-order valence-electron chi connectivity index (χ0n) is 18.8. The number of carbonyl (C=O) groups excluding carboxylic acids is 1. The average molecular weight is 520 g/mol. The van der Waals surface area contributed by atoms with Crippen LogP contribution in [-0.2, 0) is 6.18 Å². The number of thiocarbonyl (C=S) groups is 1. The zero-order valence-corrected chi connectivity index (χ0v) is 19.6. The number of carbonyl (C=O) groups is 1. The Labute approximate surface area is 213 Å². The van der Waals surface area contributed by atoms with Crippen LogP contribution in [0.2, 0.25) is 0 Å². The number of benzene rings is 3. The van der Waals surface area contributed by atoms with Crippen molar-refractivity contribution in [2.75, 3.05) is 0 Å². The van der Waals surface area contributed by atoms with Gasteiger partial charge in [0.15, 0.2) is 0 Å². The van der Waals surface area contributed by atoms with Crippen LogP contribution >= 0.6 is 12.2 Å². The number of fused-ring (bicyclic) bond motifs is 1. The van der Waals surface area contributed by atoms with E-state index in [2.05, 4.69) is 26.0 Å². The highest BCUT2D eigenvalue weighted by Gasteiger charge is 2.30. The maximum atomic E-state index is 12.7. The Morgan fingerprint density at radius 3 is 2.16 bits per heavy atom. The van der Waals surface area contributed by atoms with E-state index in [0.717, 1.165) is 28.6 Å². The molecule has 5 rings (SSSR count). The molecule has 0 aliphatic rings. The van der Waals surface area contributed by atoms with Crippen LogP contribution in [-0.4, -0.2) is 26.1 Å². The molecule has 184 valence electrons. The molecule has 0 fully saturated rings. The zero-order chi connectivity index (χ0) is 26.0. The predicted molar refractivity (Wildman–Crippen MR) is 134 cm³/mol. The summed E-state index contributed by atoms with van der Waals surface area (Å²) in [6.45, 7) is 0. The van der Waals surface area contributed by atoms with Crippen LogP contribution in [0, 0.1) is 0 Å². The van der Waals surface area contributed by atoms with Gasteiger partial charge in [0.25, 0.3) is 5.91 Å². The molecule has 0 saturated heterocycles. The molecular formula is C26H16F3N5O2S. The fourth-order valence-electron chi connectivity index (χ4n) is 3.50. The van der Waals surface area contributed by atoms with E-state index in [-0.39, 0.29) is 10.9 Å². The first-order valence-corrected chi connectivity index (χ1v) is 11.3. The van der Waals surface area contributed by atoms with Gasteiger partial charge in [0.1, 0.15) is 4.99 Å². The molecule has 2 aromatic heterocycles. The van der Waals surface area contributed by atoms with Crippen LogP contribution in [0.1, 0.15) is 21.5 Å². The van der Waals surface area contributed by atoms with Crippen molar-refractivity contribution in [3.63, 3.8) is 0 Å². The summed E-state index contributed by atoms with van der Waals surface area (Å²) in [6, 6.07) is 20.2. The topological polar surface area (TPSA) is 92.9 Å². The van der Waals surface area contributed by atoms with Gasteiger partial charge in [0, 0.05) is 33.8 Å². The molecule has 7 nitrogen and oxygen atoms in total. The third kappa shape index (κ3) is 5.31. The SMILES string of the molecule is O=C(NNC(=S)c1ccc(C(F)(F)F)cc1)c1ccc(-c2nnc(-c3ccc4ncccc4c3)o2)cc1. The smallest absolute Gasteiger partial charge is 0.416 e. The largest absolute Gasteiger partial charge is 0.416 e. The third-order valence-electron chi connectivity index (χ3n) is 5.43. The highest BCUT2D eigenvalue weighted by molar-refractivity contribution is 7.80. The Morgan fingerprint density at radius 1 is 0.811 bits per heavy atom. The van der Waals surface area contributed by atoms with E-state index in [9.17, 15) is 18.0 Å². The molecule has 0 radical (unpaired) electrons. The number of halogens is 3. The standard InChI is InChI=1S/C26H16F3N5O2S/c27-26(28,29)20-10-7-17(8-11-20)25(37)34-31-22(35)15-3-5-16(6-4-15)23-32-33-24(36-23)19-9-12-21-18(14-19)2-1-13-30-21/h1-14H,(H,31,35)(H,34,37). The first-order valence-electron chi connectivity index (χ1n) is 10.8. The van der Waals surface area contributed by atoms with Crippen molar-refractivity contribution in [2.24, 2.45) is 0 Å². The number of nitrogens with one attached hydrogen (secondary N) is 2. The normalized spacial score (nSPS) is 11.3. The lowest BCUT2D eigenvalue weighted by molar-refractivity contribution is -0.137. The van der Waals surface area contributed by atoms with Gasteiger partial charge in [-0.3, -0.25) is 20.6 Å². The van der Waals surface area contributed by atoms with Crippen LogP contribution in [0.4, 0.5) is 13.2 Å². The maximum Gasteiger partial charge on any atom is 0.416 e. The number of rotatable bonds is 4. The summed E-state index contributed by atoms with van der Waals surface area (Å²) in [4.78, 5) is 16.8. The number of aromatic nitrogens is 3. The summed E-state index contributed by atoms with van der Waals surface area (Å²) in [7, 11) is 0. The quantitative estimate of drug-likeness (QED) is 0.237. The van der Waals surface area contributed by atoms with Crippen molar-refractivity contribution < 1.29 is 22.4 Å². The molecule has 2 heterocycles. The van der Waals surface area contributed by atoms with E-state index in [1.54, 1.807) is 30.5 Å². The van der Waals surface area contributed by atoms with Gasteiger partial charge in [-0.05, 0) is 60.7 Å². The van der Waals surface area contributed by atoms with E-state index in [1.165, 1.54) is 12.1 Å². The number of nitrogens with zero attached hydrogens (tertiary/aromatic N) is 3. The number of alkyl halides is 3. The van der Waals surface area contributed by atoms with Crippen molar-refractivity contribution in [3.05, 3.63) is 102 Å². The fourth-order valence-corrected chi connectivity index (χ4v) is 3.68. The maximum absolute atomic E-state index is 12.7. The van der Waals surface area contributed by atoms with Gasteiger partial charge < -0.3 is 4.42 Å². The summed E-state index contributed by atoms with van der Waals surface area (Å²) in [5, 5.41) is 9.17. The van der Waals surface area contributed by atoms with Crippen molar-refractivity contribution in [1.82, 2.24) is 26.0 Å². The first kappa shape index (κ1) is 24.1. The molecule has 0 bridgehead atoms. The average Bonchev–Trinajstić information content (AvgIpc) is 3.41. The molecule has 2 N–H and O–H groups in total. The van der Waals surface area contributed by atoms with Gasteiger partial charge in [-0.25, -0.2) is 0 Å². The number of pyridine rings is 1. The highest BCUT2D eigenvalue weighted by atomic mass is 32.1. The molecule has 0 spiro atoms. The van der Waals surface area contributed by atoms with Gasteiger partial charge in [-0.1, -0.05) is 30.4 Å². The molecule has 3 aromatic carbocycles. The Kier molecular flexibility index (Phi) is 6.36. The molecule has 37 heavy (non-hydrogen) atoms. The second-order valence-corrected chi connectivity index (χ2v) is 8.29. The van der Waals surface area contributed by atoms with Crippen molar-refractivity contribution in [1.29, 1.82) is 0 Å². The van der Waals surface area contributed by atoms with Crippen LogP contribution < -0.4 is 10.9 Å². The molecule has 0 saturated carbocycles. The van der Waals surface area contributed by atoms with Gasteiger partial charge in [0.05, 0.1) is 11.1 Å². The minimum atomic E-state index is -4.44. The molecule has 0 aliphatic carbocycles. The molecule has 11 heteroatoms. The van der Waals surface area contributed by atoms with Crippen LogP contribution in [0.5, 0.6) is 0 Å². The highest BCUT2D eigenvalue weighted by Crippen LogP contribution is 2.29. The Morgan fingerprint density at radius 2 is 1.46 bits per heavy atom. The minimum absolute atomic E-state index is 0.0709. The monoisotopic (exact) mass is 519 g/mol. The van der Waals surface area contributed by atoms with Gasteiger partial charge in [-0.15, -0.1) is 10.2 Å². The van der Waals surface area contributed by atoms with Gasteiger partial charge in [0.2, 0.25) is 11.8 Å². The number of hydrogen-bond donors (Lipinski definition) is 2. The van der Waals surface area contributed by atoms with E-state index < -0.39 is 17.6 Å². The molecule has 0 aliphatic heterocycles. The summed E-state index contributed by atoms with van der Waals surface area (Å²) in [5.41, 5.74) is 7.06. The van der Waals surface area contributed by atoms with E-state index in [1.807, 2.05) is 30.3 Å². The van der Waals surface area contributed by atoms with Crippen molar-refractivity contribution in [2.45, 2.75) is 6.18 Å². The lowest BCUT2D eigenvalue weighted by Gasteiger charge is -2.11. The first-order chi connectivity index (χ1) is 17.8. The van der Waals surface area contributed by atoms with E-state index in [4.69, 9.17) is 16.6 Å². The summed E-state index contributed by atoms with van der Waals surface area (Å²) >= 11 is 5.14. The third-order valence-corrected chi connectivity index (χ3v) is 5.77. The summed E-state index contributed by atoms with van der Waals surface area (Å²) in [6.07, 6.45) is -2.72. The molecular weight excluding hydrogens is 503 g/mol. The Balaban J connectivity index is 1.22. The lowest BCUT2D eigenvalue weighted by Crippen LogP contribution is -2.41. The molecule has 0 atom stereocenters. The minimum Gasteiger partial charge on any atom is -0.416 e. The van der Waals surface area contributed by atoms with E-state index >= 15 is 0 Å². The molecule has 5 aromatic rings. The van der Waals surface area contributed by atoms with Crippen LogP contribution in [0.15, 0.2) is 89.5 Å². The Bertz CT molecular complexity index is 1600. The van der Waals surface area contributed by atoms with E-state index in [0.29, 0.717) is 22.6 Å². The molecule has 0 unspecified atom stereocenters. The summed E-state index contributed by atoms with van der Waals surface area (Å²) in [5.74, 6) is 0.148.